The molecule has 30 heavy (non-hydrogen) atoms. The second-order valence-electron chi connectivity index (χ2n) is 5.61. The molecular weight excluding hydrogens is 416 g/mol. The lowest BCUT2D eigenvalue weighted by Crippen LogP contribution is -2.11. The lowest BCUT2D eigenvalue weighted by molar-refractivity contribution is -0.385. The zero-order valence-corrected chi connectivity index (χ0v) is 16.6. The predicted molar refractivity (Wildman–Crippen MR) is 106 cm³/mol. The van der Waals surface area contributed by atoms with Crippen molar-refractivity contribution < 1.29 is 28.7 Å². The number of nitrogens with zero attached hydrogens (tertiary/aromatic N) is 2. The van der Waals surface area contributed by atoms with E-state index in [2.05, 4.69) is 0 Å². The third kappa shape index (κ3) is 5.33. The zero-order chi connectivity index (χ0) is 22.3. The van der Waals surface area contributed by atoms with E-state index in [-0.39, 0.29) is 34.3 Å². The Hall–Kier alpha value is -3.90. The van der Waals surface area contributed by atoms with Crippen LogP contribution in [0.3, 0.4) is 0 Å². The average Bonchev–Trinajstić information content (AvgIpc) is 2.72. The topological polar surface area (TPSA) is 129 Å². The van der Waals surface area contributed by atoms with Crippen molar-refractivity contribution >= 4 is 35.3 Å². The molecule has 2 rings (SSSR count). The monoisotopic (exact) mass is 430 g/mol. The SMILES string of the molecule is CCOC(=O)/C(C#N)=C/c1ccc(OC(=O)c2ccc(Cl)cc2[N+](=O)[O-])c(OC)c1. The minimum atomic E-state index is -0.982. The Balaban J connectivity index is 2.34. The number of carbonyl (C=O) groups excluding carboxylic acids is 2. The van der Waals surface area contributed by atoms with Gasteiger partial charge in [0, 0.05) is 11.1 Å². The van der Waals surface area contributed by atoms with Crippen molar-refractivity contribution in [1.29, 1.82) is 5.26 Å². The molecule has 0 saturated heterocycles. The molecule has 0 saturated carbocycles. The molecular formula is C20H15ClN2O7. The summed E-state index contributed by atoms with van der Waals surface area (Å²) >= 11 is 5.75. The van der Waals surface area contributed by atoms with Gasteiger partial charge in [0.2, 0.25) is 0 Å². The predicted octanol–water partition coefficient (Wildman–Crippen LogP) is 3.95. The summed E-state index contributed by atoms with van der Waals surface area (Å²) in [6.45, 7) is 1.73. The molecule has 0 unspecified atom stereocenters. The Labute approximate surface area is 176 Å². The number of esters is 2. The van der Waals surface area contributed by atoms with E-state index in [1.165, 1.54) is 43.5 Å². The van der Waals surface area contributed by atoms with Crippen LogP contribution in [-0.2, 0) is 9.53 Å². The Morgan fingerprint density at radius 2 is 1.97 bits per heavy atom. The third-order valence-corrected chi connectivity index (χ3v) is 3.93. The largest absolute Gasteiger partial charge is 0.493 e. The van der Waals surface area contributed by atoms with Crippen LogP contribution >= 0.6 is 11.6 Å². The lowest BCUT2D eigenvalue weighted by Gasteiger charge is -2.10. The number of nitro benzene ring substituents is 1. The summed E-state index contributed by atoms with van der Waals surface area (Å²) in [6.07, 6.45) is 1.29. The van der Waals surface area contributed by atoms with Gasteiger partial charge in [0.1, 0.15) is 17.2 Å². The summed E-state index contributed by atoms with van der Waals surface area (Å²) in [6, 6.07) is 9.57. The van der Waals surface area contributed by atoms with Gasteiger partial charge in [-0.25, -0.2) is 9.59 Å². The Kier molecular flexibility index (Phi) is 7.50. The second-order valence-corrected chi connectivity index (χ2v) is 6.05. The Morgan fingerprint density at radius 3 is 2.57 bits per heavy atom. The van der Waals surface area contributed by atoms with E-state index in [1.54, 1.807) is 13.0 Å². The molecule has 0 spiro atoms. The van der Waals surface area contributed by atoms with Crippen LogP contribution in [0, 0.1) is 21.4 Å². The number of carbonyl (C=O) groups is 2. The Morgan fingerprint density at radius 1 is 1.23 bits per heavy atom. The van der Waals surface area contributed by atoms with Crippen molar-refractivity contribution in [2.45, 2.75) is 6.92 Å². The smallest absolute Gasteiger partial charge is 0.350 e. The fourth-order valence-electron chi connectivity index (χ4n) is 2.35. The van der Waals surface area contributed by atoms with Crippen molar-refractivity contribution in [1.82, 2.24) is 0 Å². The van der Waals surface area contributed by atoms with Crippen LogP contribution < -0.4 is 9.47 Å². The number of hydrogen-bond donors (Lipinski definition) is 0. The third-order valence-electron chi connectivity index (χ3n) is 3.69. The number of methoxy groups -OCH3 is 1. The molecule has 0 amide bonds. The fourth-order valence-corrected chi connectivity index (χ4v) is 2.52. The van der Waals surface area contributed by atoms with Gasteiger partial charge in [0.15, 0.2) is 11.5 Å². The minimum absolute atomic E-state index is 0.0152. The van der Waals surface area contributed by atoms with Crippen LogP contribution in [0.1, 0.15) is 22.8 Å². The number of hydrogen-bond acceptors (Lipinski definition) is 8. The van der Waals surface area contributed by atoms with Gasteiger partial charge >= 0.3 is 11.9 Å². The van der Waals surface area contributed by atoms with Crippen molar-refractivity contribution in [2.75, 3.05) is 13.7 Å². The normalized spacial score (nSPS) is 10.7. The Bertz CT molecular complexity index is 1070. The van der Waals surface area contributed by atoms with E-state index < -0.39 is 22.5 Å². The molecule has 10 heteroatoms. The number of benzene rings is 2. The van der Waals surface area contributed by atoms with Gasteiger partial charge in [0.05, 0.1) is 18.6 Å². The van der Waals surface area contributed by atoms with E-state index in [9.17, 15) is 19.7 Å². The van der Waals surface area contributed by atoms with Gasteiger partial charge in [-0.05, 0) is 42.8 Å². The van der Waals surface area contributed by atoms with Crippen LogP contribution in [0.15, 0.2) is 42.0 Å². The molecule has 9 nitrogen and oxygen atoms in total. The van der Waals surface area contributed by atoms with E-state index in [0.717, 1.165) is 6.07 Å². The van der Waals surface area contributed by atoms with Gasteiger partial charge in [-0.3, -0.25) is 10.1 Å². The molecule has 0 aliphatic rings. The first-order valence-electron chi connectivity index (χ1n) is 8.43. The number of rotatable bonds is 7. The quantitative estimate of drug-likeness (QED) is 0.161. The first-order valence-corrected chi connectivity index (χ1v) is 8.81. The second kappa shape index (κ2) is 10.0. The van der Waals surface area contributed by atoms with Crippen LogP contribution in [0.4, 0.5) is 5.69 Å². The fraction of sp³-hybridized carbons (Fsp3) is 0.150. The van der Waals surface area contributed by atoms with E-state index in [0.29, 0.717) is 5.56 Å². The summed E-state index contributed by atoms with van der Waals surface area (Å²) in [4.78, 5) is 34.6. The van der Waals surface area contributed by atoms with Gasteiger partial charge < -0.3 is 14.2 Å². The highest BCUT2D eigenvalue weighted by Gasteiger charge is 2.23. The van der Waals surface area contributed by atoms with E-state index in [4.69, 9.17) is 31.1 Å². The van der Waals surface area contributed by atoms with Crippen molar-refractivity contribution in [3.05, 3.63) is 68.2 Å². The number of halogens is 1. The highest BCUT2D eigenvalue weighted by molar-refractivity contribution is 6.31. The van der Waals surface area contributed by atoms with Gasteiger partial charge in [0.25, 0.3) is 5.69 Å². The molecule has 154 valence electrons. The van der Waals surface area contributed by atoms with Gasteiger partial charge in [-0.2, -0.15) is 5.26 Å². The van der Waals surface area contributed by atoms with Gasteiger partial charge in [-0.15, -0.1) is 0 Å². The molecule has 0 heterocycles. The zero-order valence-electron chi connectivity index (χ0n) is 15.9. The number of nitriles is 1. The lowest BCUT2D eigenvalue weighted by atomic mass is 10.1. The maximum atomic E-state index is 12.4. The van der Waals surface area contributed by atoms with Crippen molar-refractivity contribution in [3.63, 3.8) is 0 Å². The summed E-state index contributed by atoms with van der Waals surface area (Å²) in [5.74, 6) is -1.66. The number of ether oxygens (including phenoxy) is 3. The maximum absolute atomic E-state index is 12.4. The molecule has 0 aromatic heterocycles. The maximum Gasteiger partial charge on any atom is 0.350 e. The van der Waals surface area contributed by atoms with E-state index in [1.807, 2.05) is 0 Å². The van der Waals surface area contributed by atoms with Crippen LogP contribution in [0.5, 0.6) is 11.5 Å². The molecule has 2 aromatic rings. The number of nitro groups is 1. The first kappa shape index (κ1) is 22.4. The van der Waals surface area contributed by atoms with Crippen LogP contribution in [0.25, 0.3) is 6.08 Å². The standard InChI is InChI=1S/C20H15ClN2O7/c1-3-29-19(24)13(11-22)8-12-4-7-17(18(9-12)28-2)30-20(25)15-6-5-14(21)10-16(15)23(26)27/h4-10H,3H2,1-2H3/b13-8+. The van der Waals surface area contributed by atoms with E-state index >= 15 is 0 Å². The summed E-state index contributed by atoms with van der Waals surface area (Å²) < 4.78 is 15.2. The summed E-state index contributed by atoms with van der Waals surface area (Å²) in [5, 5.41) is 20.4. The molecule has 0 N–H and O–H groups in total. The first-order chi connectivity index (χ1) is 14.3. The molecule has 0 aliphatic heterocycles. The highest BCUT2D eigenvalue weighted by atomic mass is 35.5. The van der Waals surface area contributed by atoms with Crippen LogP contribution in [0.2, 0.25) is 5.02 Å². The minimum Gasteiger partial charge on any atom is -0.493 e. The molecule has 0 fully saturated rings. The molecule has 0 radical (unpaired) electrons. The average molecular weight is 431 g/mol. The molecule has 2 aromatic carbocycles. The van der Waals surface area contributed by atoms with Gasteiger partial charge in [-0.1, -0.05) is 17.7 Å². The molecule has 0 atom stereocenters. The summed E-state index contributed by atoms with van der Waals surface area (Å²) in [5.41, 5.74) is -0.599. The summed E-state index contributed by atoms with van der Waals surface area (Å²) in [7, 11) is 1.32. The molecule has 0 bridgehead atoms. The highest BCUT2D eigenvalue weighted by Crippen LogP contribution is 2.31. The van der Waals surface area contributed by atoms with Crippen LogP contribution in [-0.4, -0.2) is 30.6 Å². The van der Waals surface area contributed by atoms with Crippen molar-refractivity contribution in [3.8, 4) is 17.6 Å². The van der Waals surface area contributed by atoms with Crippen molar-refractivity contribution in [2.24, 2.45) is 0 Å². The molecule has 0 aliphatic carbocycles.